The minimum absolute atomic E-state index is 0.124. The zero-order valence-corrected chi connectivity index (χ0v) is 7.22. The fourth-order valence-corrected chi connectivity index (χ4v) is 2.52. The SMILES string of the molecule is N#Cc1n[nH]c2c1C1CC[C@H]1C2(F)F. The van der Waals surface area contributed by atoms with Crippen LogP contribution in [0.4, 0.5) is 8.78 Å². The van der Waals surface area contributed by atoms with Crippen LogP contribution in [0.25, 0.3) is 0 Å². The van der Waals surface area contributed by atoms with Gasteiger partial charge in [-0.1, -0.05) is 0 Å². The monoisotopic (exact) mass is 195 g/mol. The van der Waals surface area contributed by atoms with E-state index in [4.69, 9.17) is 5.26 Å². The Balaban J connectivity index is 2.23. The molecule has 1 aromatic heterocycles. The first kappa shape index (κ1) is 7.92. The van der Waals surface area contributed by atoms with E-state index in [1.54, 1.807) is 0 Å². The van der Waals surface area contributed by atoms with E-state index in [1.165, 1.54) is 0 Å². The van der Waals surface area contributed by atoms with Crippen molar-refractivity contribution < 1.29 is 8.78 Å². The summed E-state index contributed by atoms with van der Waals surface area (Å²) in [5, 5.41) is 14.6. The highest BCUT2D eigenvalue weighted by molar-refractivity contribution is 5.46. The number of fused-ring (bicyclic) bond motifs is 3. The lowest BCUT2D eigenvalue weighted by molar-refractivity contribution is -0.0906. The van der Waals surface area contributed by atoms with E-state index in [-0.39, 0.29) is 17.3 Å². The van der Waals surface area contributed by atoms with Crippen LogP contribution in [0.2, 0.25) is 0 Å². The van der Waals surface area contributed by atoms with E-state index in [0.717, 1.165) is 6.42 Å². The summed E-state index contributed by atoms with van der Waals surface area (Å²) in [5.41, 5.74) is 0.488. The molecule has 0 amide bonds. The van der Waals surface area contributed by atoms with Crippen molar-refractivity contribution in [3.8, 4) is 6.07 Å². The number of H-pyrrole nitrogens is 1. The number of hydrogen-bond donors (Lipinski definition) is 1. The molecule has 3 nitrogen and oxygen atoms in total. The molecule has 0 aliphatic heterocycles. The summed E-state index contributed by atoms with van der Waals surface area (Å²) < 4.78 is 27.2. The average molecular weight is 195 g/mol. The van der Waals surface area contributed by atoms with Gasteiger partial charge in [0.05, 0.1) is 0 Å². The average Bonchev–Trinajstić information content (AvgIpc) is 2.50. The third-order valence-electron chi connectivity index (χ3n) is 3.35. The molecule has 1 fully saturated rings. The fourth-order valence-electron chi connectivity index (χ4n) is 2.52. The molecule has 0 radical (unpaired) electrons. The molecule has 0 bridgehead atoms. The predicted molar refractivity (Wildman–Crippen MR) is 42.7 cm³/mol. The Kier molecular flexibility index (Phi) is 1.21. The molecule has 0 spiro atoms. The molecular formula is C9H7F2N3. The number of nitriles is 1. The molecule has 0 aromatic carbocycles. The minimum Gasteiger partial charge on any atom is -0.275 e. The highest BCUT2D eigenvalue weighted by Crippen LogP contribution is 2.62. The molecule has 1 aromatic rings. The minimum atomic E-state index is -2.81. The van der Waals surface area contributed by atoms with E-state index in [1.807, 2.05) is 6.07 Å². The number of aromatic amines is 1. The van der Waals surface area contributed by atoms with Gasteiger partial charge in [0, 0.05) is 11.5 Å². The molecule has 1 N–H and O–H groups in total. The van der Waals surface area contributed by atoms with E-state index in [9.17, 15) is 8.78 Å². The van der Waals surface area contributed by atoms with E-state index < -0.39 is 11.8 Å². The largest absolute Gasteiger partial charge is 0.292 e. The number of hydrogen-bond acceptors (Lipinski definition) is 2. The van der Waals surface area contributed by atoms with Crippen LogP contribution in [-0.2, 0) is 5.92 Å². The maximum absolute atomic E-state index is 13.6. The summed E-state index contributed by atoms with van der Waals surface area (Å²) in [7, 11) is 0. The maximum atomic E-state index is 13.6. The van der Waals surface area contributed by atoms with Crippen LogP contribution in [0.3, 0.4) is 0 Å². The van der Waals surface area contributed by atoms with Gasteiger partial charge in [0.15, 0.2) is 5.69 Å². The number of nitrogens with zero attached hydrogens (tertiary/aromatic N) is 2. The summed E-state index contributed by atoms with van der Waals surface area (Å²) in [6.45, 7) is 0. The first-order valence-corrected chi connectivity index (χ1v) is 4.53. The number of halogens is 2. The summed E-state index contributed by atoms with van der Waals surface area (Å²) in [5.74, 6) is -3.55. The van der Waals surface area contributed by atoms with Crippen molar-refractivity contribution in [2.75, 3.05) is 0 Å². The topological polar surface area (TPSA) is 52.5 Å². The molecule has 14 heavy (non-hydrogen) atoms. The molecule has 0 saturated heterocycles. The number of nitrogens with one attached hydrogen (secondary N) is 1. The van der Waals surface area contributed by atoms with Gasteiger partial charge in [-0.15, -0.1) is 0 Å². The molecule has 1 unspecified atom stereocenters. The van der Waals surface area contributed by atoms with Crippen LogP contribution in [-0.4, -0.2) is 10.2 Å². The lowest BCUT2D eigenvalue weighted by atomic mass is 9.73. The Morgan fingerprint density at radius 2 is 2.29 bits per heavy atom. The van der Waals surface area contributed by atoms with Crippen LogP contribution >= 0.6 is 0 Å². The van der Waals surface area contributed by atoms with Gasteiger partial charge in [-0.05, 0) is 18.8 Å². The molecule has 2 atom stereocenters. The lowest BCUT2D eigenvalue weighted by Crippen LogP contribution is -2.31. The lowest BCUT2D eigenvalue weighted by Gasteiger charge is -2.33. The van der Waals surface area contributed by atoms with Crippen molar-refractivity contribution in [2.24, 2.45) is 5.92 Å². The Hall–Kier alpha value is -1.44. The van der Waals surface area contributed by atoms with Crippen LogP contribution in [0, 0.1) is 17.2 Å². The standard InChI is InChI=1S/C9H7F2N3/c10-9(11)5-2-1-4(5)7-6(3-12)13-14-8(7)9/h4-5H,1-2H2,(H,13,14)/t4?,5-/m1/s1. The van der Waals surface area contributed by atoms with Gasteiger partial charge < -0.3 is 0 Å². The highest BCUT2D eigenvalue weighted by Gasteiger charge is 2.60. The van der Waals surface area contributed by atoms with E-state index >= 15 is 0 Å². The Morgan fingerprint density at radius 3 is 2.86 bits per heavy atom. The smallest absolute Gasteiger partial charge is 0.275 e. The van der Waals surface area contributed by atoms with Gasteiger partial charge >= 0.3 is 0 Å². The van der Waals surface area contributed by atoms with E-state index in [2.05, 4.69) is 10.2 Å². The van der Waals surface area contributed by atoms with Gasteiger partial charge in [-0.2, -0.15) is 19.1 Å². The molecule has 1 heterocycles. The summed E-state index contributed by atoms with van der Waals surface area (Å²) in [6.07, 6.45) is 1.30. The van der Waals surface area contributed by atoms with Crippen LogP contribution in [0.15, 0.2) is 0 Å². The van der Waals surface area contributed by atoms with Crippen LogP contribution in [0.5, 0.6) is 0 Å². The van der Waals surface area contributed by atoms with Gasteiger partial charge in [0.25, 0.3) is 5.92 Å². The number of aromatic nitrogens is 2. The number of rotatable bonds is 0. The summed E-state index contributed by atoms with van der Waals surface area (Å²) in [6, 6.07) is 1.85. The third kappa shape index (κ3) is 0.649. The molecule has 5 heteroatoms. The summed E-state index contributed by atoms with van der Waals surface area (Å²) in [4.78, 5) is 0. The van der Waals surface area contributed by atoms with Crippen LogP contribution < -0.4 is 0 Å². The normalized spacial score (nSPS) is 31.5. The predicted octanol–water partition coefficient (Wildman–Crippen LogP) is 1.88. The Morgan fingerprint density at radius 1 is 1.50 bits per heavy atom. The Bertz CT molecular complexity index is 443. The summed E-state index contributed by atoms with van der Waals surface area (Å²) >= 11 is 0. The molecule has 2 aliphatic carbocycles. The first-order valence-electron chi connectivity index (χ1n) is 4.53. The maximum Gasteiger partial charge on any atom is 0.292 e. The zero-order chi connectivity index (χ0) is 9.92. The number of alkyl halides is 2. The quantitative estimate of drug-likeness (QED) is 0.687. The second-order valence-corrected chi connectivity index (χ2v) is 3.89. The van der Waals surface area contributed by atoms with E-state index in [0.29, 0.717) is 12.0 Å². The van der Waals surface area contributed by atoms with Gasteiger partial charge in [0.2, 0.25) is 0 Å². The van der Waals surface area contributed by atoms with Gasteiger partial charge in [-0.25, -0.2) is 0 Å². The van der Waals surface area contributed by atoms with Crippen LogP contribution in [0.1, 0.15) is 35.7 Å². The zero-order valence-electron chi connectivity index (χ0n) is 7.22. The van der Waals surface area contributed by atoms with Crippen molar-refractivity contribution in [3.05, 3.63) is 17.0 Å². The second kappa shape index (κ2) is 2.14. The first-order chi connectivity index (χ1) is 6.66. The fraction of sp³-hybridized carbons (Fsp3) is 0.556. The van der Waals surface area contributed by atoms with Gasteiger partial charge in [-0.3, -0.25) is 5.10 Å². The molecule has 3 rings (SSSR count). The van der Waals surface area contributed by atoms with Crippen molar-refractivity contribution in [3.63, 3.8) is 0 Å². The molecule has 2 aliphatic rings. The van der Waals surface area contributed by atoms with Crippen molar-refractivity contribution in [2.45, 2.75) is 24.7 Å². The van der Waals surface area contributed by atoms with Crippen molar-refractivity contribution >= 4 is 0 Å². The molecule has 72 valence electrons. The van der Waals surface area contributed by atoms with Crippen molar-refractivity contribution in [1.82, 2.24) is 10.2 Å². The third-order valence-corrected chi connectivity index (χ3v) is 3.35. The molecular weight excluding hydrogens is 188 g/mol. The Labute approximate surface area is 78.7 Å². The highest BCUT2D eigenvalue weighted by atomic mass is 19.3. The van der Waals surface area contributed by atoms with Gasteiger partial charge in [0.1, 0.15) is 11.8 Å². The molecule has 1 saturated carbocycles. The van der Waals surface area contributed by atoms with Crippen molar-refractivity contribution in [1.29, 1.82) is 5.26 Å². The second-order valence-electron chi connectivity index (χ2n) is 3.89.